The van der Waals surface area contributed by atoms with Gasteiger partial charge in [-0.25, -0.2) is 0 Å². The molecule has 0 saturated carbocycles. The maximum Gasteiger partial charge on any atom is 0.159 e. The van der Waals surface area contributed by atoms with Gasteiger partial charge >= 0.3 is 0 Å². The molecule has 0 atom stereocenters. The van der Waals surface area contributed by atoms with Crippen molar-refractivity contribution in [3.63, 3.8) is 0 Å². The van der Waals surface area contributed by atoms with Gasteiger partial charge in [0.1, 0.15) is 0 Å². The second-order valence-corrected chi connectivity index (χ2v) is 6.67. The van der Waals surface area contributed by atoms with E-state index in [1.54, 1.807) is 0 Å². The summed E-state index contributed by atoms with van der Waals surface area (Å²) in [5.74, 6) is 0. The monoisotopic (exact) mass is 314 g/mol. The smallest absolute Gasteiger partial charge is 0.159 e. The molecular weight excluding hydrogens is 276 g/mol. The molecule has 0 heterocycles. The highest BCUT2D eigenvalue weighted by atomic mass is 32.1. The molecule has 2 heteroatoms. The number of ether oxygens (including phenoxy) is 1. The molecule has 0 aromatic heterocycles. The molecule has 0 saturated heterocycles. The van der Waals surface area contributed by atoms with E-state index in [2.05, 4.69) is 13.8 Å². The highest BCUT2D eigenvalue weighted by molar-refractivity contribution is 7.80. The summed E-state index contributed by atoms with van der Waals surface area (Å²) in [6.07, 6.45) is 20.1. The van der Waals surface area contributed by atoms with E-state index < -0.39 is 0 Å². The van der Waals surface area contributed by atoms with Gasteiger partial charge in [-0.15, -0.1) is 0 Å². The first kappa shape index (κ1) is 20.9. The van der Waals surface area contributed by atoms with Crippen LogP contribution in [0.25, 0.3) is 0 Å². The topological polar surface area (TPSA) is 9.23 Å². The highest BCUT2D eigenvalue weighted by Crippen LogP contribution is 2.12. The Hall–Kier alpha value is -0.110. The highest BCUT2D eigenvalue weighted by Gasteiger charge is 1.96. The van der Waals surface area contributed by atoms with E-state index in [0.29, 0.717) is 0 Å². The van der Waals surface area contributed by atoms with Gasteiger partial charge in [-0.05, 0) is 25.1 Å². The maximum atomic E-state index is 5.51. The molecule has 0 aliphatic heterocycles. The zero-order chi connectivity index (χ0) is 15.6. The average Bonchev–Trinajstić information content (AvgIpc) is 2.48. The summed E-state index contributed by atoms with van der Waals surface area (Å²) in [6.45, 7) is 5.25. The van der Waals surface area contributed by atoms with E-state index in [-0.39, 0.29) is 0 Å². The second kappa shape index (κ2) is 17.9. The Morgan fingerprint density at radius 1 is 0.619 bits per heavy atom. The minimum atomic E-state index is 0.802. The van der Waals surface area contributed by atoms with Crippen LogP contribution in [0.2, 0.25) is 0 Å². The first-order chi connectivity index (χ1) is 10.3. The molecule has 1 nitrogen and oxygen atoms in total. The molecule has 126 valence electrons. The van der Waals surface area contributed by atoms with Gasteiger partial charge in [-0.1, -0.05) is 90.9 Å². The van der Waals surface area contributed by atoms with Crippen LogP contribution in [0.1, 0.15) is 110 Å². The summed E-state index contributed by atoms with van der Waals surface area (Å²) < 4.78 is 5.51. The minimum Gasteiger partial charge on any atom is -0.487 e. The van der Waals surface area contributed by atoms with Gasteiger partial charge in [0, 0.05) is 6.42 Å². The molecule has 21 heavy (non-hydrogen) atoms. The van der Waals surface area contributed by atoms with Crippen molar-refractivity contribution >= 4 is 17.3 Å². The van der Waals surface area contributed by atoms with E-state index in [4.69, 9.17) is 17.0 Å². The number of hydrogen-bond donors (Lipinski definition) is 0. The van der Waals surface area contributed by atoms with Crippen molar-refractivity contribution in [3.8, 4) is 0 Å². The molecule has 0 N–H and O–H groups in total. The summed E-state index contributed by atoms with van der Waals surface area (Å²) in [5.41, 5.74) is 0. The molecular formula is C19H38OS. The fourth-order valence-electron chi connectivity index (χ4n) is 2.58. The number of hydrogen-bond acceptors (Lipinski definition) is 2. The first-order valence-electron chi connectivity index (χ1n) is 9.46. The predicted octanol–water partition coefficient (Wildman–Crippen LogP) is 7.22. The van der Waals surface area contributed by atoms with Crippen molar-refractivity contribution in [2.45, 2.75) is 110 Å². The van der Waals surface area contributed by atoms with Crippen LogP contribution in [0.4, 0.5) is 0 Å². The normalized spacial score (nSPS) is 10.8. The largest absolute Gasteiger partial charge is 0.487 e. The third-order valence-electron chi connectivity index (χ3n) is 3.97. The summed E-state index contributed by atoms with van der Waals surface area (Å²) in [7, 11) is 0. The molecule has 0 aliphatic carbocycles. The van der Waals surface area contributed by atoms with Crippen LogP contribution in [-0.2, 0) is 4.74 Å². The second-order valence-electron chi connectivity index (χ2n) is 6.21. The lowest BCUT2D eigenvalue weighted by Crippen LogP contribution is -2.02. The Bertz CT molecular complexity index is 216. The van der Waals surface area contributed by atoms with Crippen LogP contribution < -0.4 is 0 Å². The van der Waals surface area contributed by atoms with E-state index in [1.165, 1.54) is 83.5 Å². The van der Waals surface area contributed by atoms with E-state index in [1.807, 2.05) is 0 Å². The van der Waals surface area contributed by atoms with Crippen LogP contribution in [0.15, 0.2) is 0 Å². The molecule has 0 unspecified atom stereocenters. The molecule has 0 amide bonds. The lowest BCUT2D eigenvalue weighted by Gasteiger charge is -2.06. The molecule has 0 fully saturated rings. The van der Waals surface area contributed by atoms with Gasteiger partial charge < -0.3 is 4.74 Å². The Morgan fingerprint density at radius 3 is 1.48 bits per heavy atom. The SMILES string of the molecule is CCCCCCCCCCCCCCCOC(=S)CCC. The Balaban J connectivity index is 3.01. The van der Waals surface area contributed by atoms with Crippen molar-refractivity contribution in [3.05, 3.63) is 0 Å². The fraction of sp³-hybridized carbons (Fsp3) is 0.947. The minimum absolute atomic E-state index is 0.802. The van der Waals surface area contributed by atoms with Gasteiger partial charge in [0.15, 0.2) is 5.05 Å². The zero-order valence-electron chi connectivity index (χ0n) is 14.6. The summed E-state index contributed by atoms with van der Waals surface area (Å²) in [5, 5.41) is 0.802. The summed E-state index contributed by atoms with van der Waals surface area (Å²) in [4.78, 5) is 0. The van der Waals surface area contributed by atoms with E-state index in [9.17, 15) is 0 Å². The number of rotatable bonds is 16. The van der Waals surface area contributed by atoms with Gasteiger partial charge in [0.2, 0.25) is 0 Å². The van der Waals surface area contributed by atoms with E-state index >= 15 is 0 Å². The van der Waals surface area contributed by atoms with Gasteiger partial charge in [0.25, 0.3) is 0 Å². The van der Waals surface area contributed by atoms with Crippen LogP contribution in [0.5, 0.6) is 0 Å². The molecule has 0 aromatic carbocycles. The summed E-state index contributed by atoms with van der Waals surface area (Å²) in [6, 6.07) is 0. The molecule has 0 aromatic rings. The summed E-state index contributed by atoms with van der Waals surface area (Å²) >= 11 is 5.12. The third-order valence-corrected chi connectivity index (χ3v) is 4.29. The van der Waals surface area contributed by atoms with Gasteiger partial charge in [-0.2, -0.15) is 0 Å². The van der Waals surface area contributed by atoms with Crippen molar-refractivity contribution in [2.75, 3.05) is 6.61 Å². The predicted molar refractivity (Wildman–Crippen MR) is 99.2 cm³/mol. The fourth-order valence-corrected chi connectivity index (χ4v) is 2.87. The number of thiocarbonyl (C=S) groups is 1. The first-order valence-corrected chi connectivity index (χ1v) is 9.87. The number of unbranched alkanes of at least 4 members (excludes halogenated alkanes) is 12. The Labute approximate surface area is 139 Å². The molecule has 0 aliphatic rings. The van der Waals surface area contributed by atoms with E-state index in [0.717, 1.165) is 24.5 Å². The van der Waals surface area contributed by atoms with Crippen molar-refractivity contribution < 1.29 is 4.74 Å². The zero-order valence-corrected chi connectivity index (χ0v) is 15.4. The Morgan fingerprint density at radius 2 is 1.05 bits per heavy atom. The maximum absolute atomic E-state index is 5.51. The quantitative estimate of drug-likeness (QED) is 0.220. The van der Waals surface area contributed by atoms with Crippen molar-refractivity contribution in [2.24, 2.45) is 0 Å². The lowest BCUT2D eigenvalue weighted by molar-refractivity contribution is 0.291. The van der Waals surface area contributed by atoms with Crippen LogP contribution in [0, 0.1) is 0 Å². The molecule has 0 bridgehead atoms. The molecule has 0 radical (unpaired) electrons. The molecule has 0 rings (SSSR count). The standard InChI is InChI=1S/C19H38OS/c1-3-5-6-7-8-9-10-11-12-13-14-15-16-18-20-19(21)17-4-2/h3-18H2,1-2H3. The lowest BCUT2D eigenvalue weighted by atomic mass is 10.0. The van der Waals surface area contributed by atoms with Crippen molar-refractivity contribution in [1.82, 2.24) is 0 Å². The van der Waals surface area contributed by atoms with Crippen LogP contribution in [-0.4, -0.2) is 11.7 Å². The molecule has 0 spiro atoms. The van der Waals surface area contributed by atoms with Crippen LogP contribution >= 0.6 is 12.2 Å². The van der Waals surface area contributed by atoms with Crippen LogP contribution in [0.3, 0.4) is 0 Å². The van der Waals surface area contributed by atoms with Gasteiger partial charge in [0.05, 0.1) is 6.61 Å². The van der Waals surface area contributed by atoms with Gasteiger partial charge in [-0.3, -0.25) is 0 Å². The Kier molecular flexibility index (Phi) is 17.8. The van der Waals surface area contributed by atoms with Crippen molar-refractivity contribution in [1.29, 1.82) is 0 Å². The average molecular weight is 315 g/mol. The third kappa shape index (κ3) is 17.8.